The van der Waals surface area contributed by atoms with Gasteiger partial charge in [0.25, 0.3) is 5.91 Å². The van der Waals surface area contributed by atoms with Crippen molar-refractivity contribution in [2.75, 3.05) is 5.32 Å². The second-order valence-corrected chi connectivity index (χ2v) is 6.26. The Morgan fingerprint density at radius 3 is 2.54 bits per heavy atom. The summed E-state index contributed by atoms with van der Waals surface area (Å²) in [4.78, 5) is 32.8. The Labute approximate surface area is 159 Å². The summed E-state index contributed by atoms with van der Waals surface area (Å²) in [6.07, 6.45) is 2.06. The second-order valence-electron chi connectivity index (χ2n) is 5.42. The lowest BCUT2D eigenvalue weighted by Crippen LogP contribution is -2.30. The second kappa shape index (κ2) is 7.68. The minimum atomic E-state index is -1.03. The van der Waals surface area contributed by atoms with Crippen LogP contribution in [0.3, 0.4) is 0 Å². The van der Waals surface area contributed by atoms with Crippen LogP contribution in [0.4, 0.5) is 5.69 Å². The first-order valence-corrected chi connectivity index (χ1v) is 8.37. The number of esters is 1. The summed E-state index contributed by atoms with van der Waals surface area (Å²) in [6.45, 7) is 1.46. The smallest absolute Gasteiger partial charge is 0.338 e. The Bertz CT molecular complexity index is 994. The Hall–Kier alpha value is -2.70. The molecule has 0 aliphatic carbocycles. The van der Waals surface area contributed by atoms with Gasteiger partial charge < -0.3 is 10.1 Å². The van der Waals surface area contributed by atoms with E-state index in [0.29, 0.717) is 26.8 Å². The lowest BCUT2D eigenvalue weighted by molar-refractivity contribution is -0.123. The van der Waals surface area contributed by atoms with Crippen molar-refractivity contribution in [2.45, 2.75) is 13.0 Å². The van der Waals surface area contributed by atoms with Crippen LogP contribution < -0.4 is 5.32 Å². The number of hydrogen-bond donors (Lipinski definition) is 1. The Morgan fingerprint density at radius 2 is 1.77 bits per heavy atom. The summed E-state index contributed by atoms with van der Waals surface area (Å²) in [5.41, 5.74) is 1.83. The standard InChI is InChI=1S/C18H13Cl2N3O3/c1-10(17(24)23-15-9-12(19)3-4-13(15)20)26-18(25)11-2-5-14-16(8-11)22-7-6-21-14/h2-10H,1H3,(H,23,24)/t10-/m0/s1. The van der Waals surface area contributed by atoms with E-state index in [4.69, 9.17) is 27.9 Å². The molecule has 3 rings (SSSR count). The van der Waals surface area contributed by atoms with Crippen molar-refractivity contribution < 1.29 is 14.3 Å². The number of fused-ring (bicyclic) bond motifs is 1. The van der Waals surface area contributed by atoms with Crippen LogP contribution in [0.2, 0.25) is 10.0 Å². The SMILES string of the molecule is C[C@H](OC(=O)c1ccc2nccnc2c1)C(=O)Nc1cc(Cl)ccc1Cl. The number of rotatable bonds is 4. The van der Waals surface area contributed by atoms with E-state index >= 15 is 0 Å². The first kappa shape index (κ1) is 18.1. The number of ether oxygens (including phenoxy) is 1. The van der Waals surface area contributed by atoms with Crippen molar-refractivity contribution in [3.63, 3.8) is 0 Å². The first-order chi connectivity index (χ1) is 12.4. The van der Waals surface area contributed by atoms with Crippen LogP contribution in [0.15, 0.2) is 48.8 Å². The summed E-state index contributed by atoms with van der Waals surface area (Å²) >= 11 is 11.9. The molecule has 1 heterocycles. The number of aromatic nitrogens is 2. The van der Waals surface area contributed by atoms with Crippen LogP contribution in [0.5, 0.6) is 0 Å². The Balaban J connectivity index is 1.69. The van der Waals surface area contributed by atoms with Crippen LogP contribution in [0, 0.1) is 0 Å². The fourth-order valence-corrected chi connectivity index (χ4v) is 2.54. The lowest BCUT2D eigenvalue weighted by Gasteiger charge is -2.14. The van der Waals surface area contributed by atoms with E-state index in [1.54, 1.807) is 36.5 Å². The van der Waals surface area contributed by atoms with Crippen LogP contribution in [-0.4, -0.2) is 27.9 Å². The van der Waals surface area contributed by atoms with Crippen molar-refractivity contribution in [1.29, 1.82) is 0 Å². The maximum absolute atomic E-state index is 12.3. The third-order valence-corrected chi connectivity index (χ3v) is 4.11. The van der Waals surface area contributed by atoms with Gasteiger partial charge in [-0.25, -0.2) is 4.79 Å². The van der Waals surface area contributed by atoms with Gasteiger partial charge in [-0.3, -0.25) is 14.8 Å². The number of amides is 1. The summed E-state index contributed by atoms with van der Waals surface area (Å²) < 4.78 is 5.21. The maximum Gasteiger partial charge on any atom is 0.338 e. The molecule has 1 N–H and O–H groups in total. The van der Waals surface area contributed by atoms with E-state index in [1.807, 2.05) is 0 Å². The van der Waals surface area contributed by atoms with Gasteiger partial charge in [-0.2, -0.15) is 0 Å². The topological polar surface area (TPSA) is 81.2 Å². The lowest BCUT2D eigenvalue weighted by atomic mass is 10.2. The number of nitrogens with one attached hydrogen (secondary N) is 1. The van der Waals surface area contributed by atoms with Gasteiger partial charge in [0.1, 0.15) is 0 Å². The monoisotopic (exact) mass is 389 g/mol. The van der Waals surface area contributed by atoms with Gasteiger partial charge in [0.2, 0.25) is 0 Å². The van der Waals surface area contributed by atoms with Gasteiger partial charge in [0.05, 0.1) is 27.3 Å². The molecule has 0 saturated carbocycles. The molecular weight excluding hydrogens is 377 g/mol. The number of carbonyl (C=O) groups is 2. The van der Waals surface area contributed by atoms with E-state index in [0.717, 1.165) is 0 Å². The summed E-state index contributed by atoms with van der Waals surface area (Å²) in [5.74, 6) is -1.17. The van der Waals surface area contributed by atoms with Gasteiger partial charge >= 0.3 is 5.97 Å². The van der Waals surface area contributed by atoms with Crippen molar-refractivity contribution in [1.82, 2.24) is 9.97 Å². The van der Waals surface area contributed by atoms with Crippen molar-refractivity contribution in [3.8, 4) is 0 Å². The molecule has 3 aromatic rings. The highest BCUT2D eigenvalue weighted by Gasteiger charge is 2.20. The van der Waals surface area contributed by atoms with Crippen LogP contribution in [0.25, 0.3) is 11.0 Å². The molecule has 0 bridgehead atoms. The molecule has 0 unspecified atom stereocenters. The van der Waals surface area contributed by atoms with Crippen molar-refractivity contribution in [3.05, 3.63) is 64.4 Å². The quantitative estimate of drug-likeness (QED) is 0.678. The molecule has 1 atom stereocenters. The minimum absolute atomic E-state index is 0.276. The van der Waals surface area contributed by atoms with E-state index in [1.165, 1.54) is 19.2 Å². The Kier molecular flexibility index (Phi) is 5.35. The molecule has 0 aliphatic heterocycles. The normalized spacial score (nSPS) is 11.8. The fourth-order valence-electron chi connectivity index (χ4n) is 2.20. The number of benzene rings is 2. The van der Waals surface area contributed by atoms with Gasteiger partial charge in [-0.1, -0.05) is 23.2 Å². The third kappa shape index (κ3) is 4.09. The average molecular weight is 390 g/mol. The van der Waals surface area contributed by atoms with Crippen LogP contribution in [-0.2, 0) is 9.53 Å². The first-order valence-electron chi connectivity index (χ1n) is 7.62. The summed E-state index contributed by atoms with van der Waals surface area (Å²) in [6, 6.07) is 9.46. The van der Waals surface area contributed by atoms with Crippen LogP contribution in [0.1, 0.15) is 17.3 Å². The van der Waals surface area contributed by atoms with E-state index in [9.17, 15) is 9.59 Å². The molecule has 0 saturated heterocycles. The third-order valence-electron chi connectivity index (χ3n) is 3.54. The molecule has 132 valence electrons. The number of anilines is 1. The molecular formula is C18H13Cl2N3O3. The van der Waals surface area contributed by atoms with Crippen molar-refractivity contribution in [2.24, 2.45) is 0 Å². The van der Waals surface area contributed by atoms with Gasteiger partial charge in [-0.15, -0.1) is 0 Å². The molecule has 26 heavy (non-hydrogen) atoms. The summed E-state index contributed by atoms with van der Waals surface area (Å²) in [5, 5.41) is 3.33. The van der Waals surface area contributed by atoms with Gasteiger partial charge in [0.15, 0.2) is 6.10 Å². The largest absolute Gasteiger partial charge is 0.449 e. The molecule has 8 heteroatoms. The molecule has 0 fully saturated rings. The molecule has 0 aliphatic rings. The molecule has 6 nitrogen and oxygen atoms in total. The predicted octanol–water partition coefficient (Wildman–Crippen LogP) is 4.12. The Morgan fingerprint density at radius 1 is 1.04 bits per heavy atom. The van der Waals surface area contributed by atoms with Crippen LogP contribution >= 0.6 is 23.2 Å². The molecule has 1 amide bonds. The highest BCUT2D eigenvalue weighted by molar-refractivity contribution is 6.35. The highest BCUT2D eigenvalue weighted by atomic mass is 35.5. The minimum Gasteiger partial charge on any atom is -0.449 e. The zero-order valence-electron chi connectivity index (χ0n) is 13.6. The summed E-state index contributed by atoms with van der Waals surface area (Å²) in [7, 11) is 0. The maximum atomic E-state index is 12.3. The van der Waals surface area contributed by atoms with E-state index in [2.05, 4.69) is 15.3 Å². The average Bonchev–Trinajstić information content (AvgIpc) is 2.64. The van der Waals surface area contributed by atoms with Gasteiger partial charge in [-0.05, 0) is 43.3 Å². The number of halogens is 2. The number of nitrogens with zero attached hydrogens (tertiary/aromatic N) is 2. The molecule has 0 radical (unpaired) electrons. The highest BCUT2D eigenvalue weighted by Crippen LogP contribution is 2.25. The predicted molar refractivity (Wildman–Crippen MR) is 99.5 cm³/mol. The van der Waals surface area contributed by atoms with E-state index in [-0.39, 0.29) is 5.56 Å². The molecule has 2 aromatic carbocycles. The zero-order chi connectivity index (χ0) is 18.7. The van der Waals surface area contributed by atoms with E-state index < -0.39 is 18.0 Å². The number of carbonyl (C=O) groups excluding carboxylic acids is 2. The zero-order valence-corrected chi connectivity index (χ0v) is 15.1. The molecule has 0 spiro atoms. The molecule has 1 aromatic heterocycles. The fraction of sp³-hybridized carbons (Fsp3) is 0.111. The number of hydrogen-bond acceptors (Lipinski definition) is 5. The van der Waals surface area contributed by atoms with Gasteiger partial charge in [0, 0.05) is 17.4 Å². The van der Waals surface area contributed by atoms with Crippen molar-refractivity contribution >= 4 is 51.8 Å².